The Morgan fingerprint density at radius 2 is 2.00 bits per heavy atom. The number of anilines is 1. The van der Waals surface area contributed by atoms with Crippen molar-refractivity contribution in [1.29, 1.82) is 0 Å². The summed E-state index contributed by atoms with van der Waals surface area (Å²) in [6.45, 7) is 3.98. The number of nitrogens with zero attached hydrogens (tertiary/aromatic N) is 3. The van der Waals surface area contributed by atoms with Gasteiger partial charge in [0.25, 0.3) is 5.56 Å². The summed E-state index contributed by atoms with van der Waals surface area (Å²) in [6, 6.07) is 12.4. The molecule has 138 valence electrons. The van der Waals surface area contributed by atoms with Gasteiger partial charge in [-0.1, -0.05) is 24.8 Å². The van der Waals surface area contributed by atoms with E-state index in [1.54, 1.807) is 30.3 Å². The largest absolute Gasteiger partial charge is 0.489 e. The zero-order valence-electron chi connectivity index (χ0n) is 15.2. The van der Waals surface area contributed by atoms with Crippen molar-refractivity contribution in [2.24, 2.45) is 5.10 Å². The third kappa shape index (κ3) is 3.82. The van der Waals surface area contributed by atoms with Gasteiger partial charge in [-0.15, -0.1) is 4.68 Å². The van der Waals surface area contributed by atoms with Crippen LogP contribution >= 0.6 is 0 Å². The summed E-state index contributed by atoms with van der Waals surface area (Å²) in [5.41, 5.74) is 0.982. The predicted molar refractivity (Wildman–Crippen MR) is 108 cm³/mol. The maximum Gasteiger partial charge on any atom is 0.349 e. The first-order valence-electron chi connectivity index (χ1n) is 8.35. The monoisotopic (exact) mass is 364 g/mol. The molecule has 0 unspecified atom stereocenters. The zero-order valence-corrected chi connectivity index (χ0v) is 15.2. The Balaban J connectivity index is 2.05. The highest BCUT2D eigenvalue weighted by Crippen LogP contribution is 2.24. The molecule has 0 saturated carbocycles. The summed E-state index contributed by atoms with van der Waals surface area (Å²) < 4.78 is 6.49. The second-order valence-electron chi connectivity index (χ2n) is 6.05. The molecule has 2 aromatic carbocycles. The molecule has 0 saturated heterocycles. The molecule has 7 nitrogen and oxygen atoms in total. The molecule has 0 aliphatic carbocycles. The number of aromatic nitrogens is 2. The fraction of sp³-hybridized carbons (Fsp3) is 0.150. The van der Waals surface area contributed by atoms with Gasteiger partial charge in [-0.3, -0.25) is 4.79 Å². The van der Waals surface area contributed by atoms with Crippen LogP contribution in [0.5, 0.6) is 5.75 Å². The van der Waals surface area contributed by atoms with Crippen LogP contribution in [0.1, 0.15) is 5.56 Å². The van der Waals surface area contributed by atoms with E-state index in [1.165, 1.54) is 6.21 Å². The molecule has 3 rings (SSSR count). The summed E-state index contributed by atoms with van der Waals surface area (Å²) in [5.74, 6) is 0.579. The lowest BCUT2D eigenvalue weighted by Gasteiger charge is -2.15. The van der Waals surface area contributed by atoms with E-state index >= 15 is 0 Å². The van der Waals surface area contributed by atoms with Gasteiger partial charge in [-0.05, 0) is 24.3 Å². The summed E-state index contributed by atoms with van der Waals surface area (Å²) in [4.78, 5) is 29.4. The van der Waals surface area contributed by atoms with Crippen molar-refractivity contribution in [2.45, 2.75) is 0 Å². The third-order valence-corrected chi connectivity index (χ3v) is 3.97. The van der Waals surface area contributed by atoms with E-state index in [0.29, 0.717) is 28.8 Å². The number of H-pyrrole nitrogens is 1. The standard InChI is InChI=1S/C20H20N4O3/c1-4-11-27-18-12-15(23(2)3)10-9-14(18)13-21-24-19(25)16-7-5-6-8-17(16)22-20(24)26/h4-10,12-13H,1,11H2,2-3H3,(H,22,26). The smallest absolute Gasteiger partial charge is 0.349 e. The first kappa shape index (κ1) is 18.2. The molecule has 7 heteroatoms. The Labute approximate surface area is 155 Å². The predicted octanol–water partition coefficient (Wildman–Crippen LogP) is 2.20. The van der Waals surface area contributed by atoms with Crippen LogP contribution in [-0.4, -0.2) is 36.6 Å². The van der Waals surface area contributed by atoms with Crippen LogP contribution in [0.3, 0.4) is 0 Å². The Morgan fingerprint density at radius 1 is 1.22 bits per heavy atom. The molecule has 0 aliphatic rings. The highest BCUT2D eigenvalue weighted by molar-refractivity contribution is 5.85. The second kappa shape index (κ2) is 7.74. The van der Waals surface area contributed by atoms with Crippen LogP contribution in [0, 0.1) is 0 Å². The normalized spacial score (nSPS) is 11.0. The van der Waals surface area contributed by atoms with E-state index in [1.807, 2.05) is 37.2 Å². The molecule has 0 fully saturated rings. The number of aromatic amines is 1. The fourth-order valence-electron chi connectivity index (χ4n) is 2.56. The number of nitrogens with one attached hydrogen (secondary N) is 1. The molecule has 0 radical (unpaired) electrons. The minimum atomic E-state index is -0.603. The molecule has 1 aromatic heterocycles. The van der Waals surface area contributed by atoms with Gasteiger partial charge < -0.3 is 14.6 Å². The van der Waals surface area contributed by atoms with E-state index in [9.17, 15) is 9.59 Å². The van der Waals surface area contributed by atoms with Gasteiger partial charge in [0.2, 0.25) is 0 Å². The highest BCUT2D eigenvalue weighted by atomic mass is 16.5. The average Bonchev–Trinajstić information content (AvgIpc) is 2.66. The Hall–Kier alpha value is -3.61. The van der Waals surface area contributed by atoms with E-state index in [2.05, 4.69) is 16.7 Å². The van der Waals surface area contributed by atoms with Gasteiger partial charge in [0.05, 0.1) is 17.1 Å². The van der Waals surface area contributed by atoms with Crippen molar-refractivity contribution >= 4 is 22.8 Å². The molecule has 3 aromatic rings. The number of fused-ring (bicyclic) bond motifs is 1. The van der Waals surface area contributed by atoms with Crippen LogP contribution in [0.15, 0.2) is 69.8 Å². The van der Waals surface area contributed by atoms with E-state index < -0.39 is 11.2 Å². The molecule has 1 N–H and O–H groups in total. The Kier molecular flexibility index (Phi) is 5.21. The molecule has 0 atom stereocenters. The molecule has 0 aliphatic heterocycles. The van der Waals surface area contributed by atoms with Crippen molar-refractivity contribution < 1.29 is 4.74 Å². The van der Waals surface area contributed by atoms with E-state index in [0.717, 1.165) is 10.4 Å². The van der Waals surface area contributed by atoms with Gasteiger partial charge >= 0.3 is 5.69 Å². The minimum Gasteiger partial charge on any atom is -0.489 e. The van der Waals surface area contributed by atoms with Gasteiger partial charge in [-0.25, -0.2) is 4.79 Å². The number of rotatable bonds is 6. The van der Waals surface area contributed by atoms with Crippen LogP contribution in [0.2, 0.25) is 0 Å². The van der Waals surface area contributed by atoms with Crippen molar-refractivity contribution in [3.63, 3.8) is 0 Å². The number of para-hydroxylation sites is 1. The second-order valence-corrected chi connectivity index (χ2v) is 6.05. The summed E-state index contributed by atoms with van der Waals surface area (Å²) >= 11 is 0. The van der Waals surface area contributed by atoms with E-state index in [4.69, 9.17) is 4.74 Å². The molecule has 1 heterocycles. The number of hydrogen-bond donors (Lipinski definition) is 1. The maximum absolute atomic E-state index is 12.5. The number of ether oxygens (including phenoxy) is 1. The molecule has 0 bridgehead atoms. The SMILES string of the molecule is C=CCOc1cc(N(C)C)ccc1C=Nn1c(=O)[nH]c2ccccc2c1=O. The van der Waals surface area contributed by atoms with Gasteiger partial charge in [0, 0.05) is 31.4 Å². The Morgan fingerprint density at radius 3 is 2.74 bits per heavy atom. The van der Waals surface area contributed by atoms with E-state index in [-0.39, 0.29) is 0 Å². The minimum absolute atomic E-state index is 0.328. The summed E-state index contributed by atoms with van der Waals surface area (Å²) in [5, 5.41) is 4.47. The zero-order chi connectivity index (χ0) is 19.4. The van der Waals surface area contributed by atoms with Crippen molar-refractivity contribution in [3.05, 3.63) is 81.5 Å². The first-order valence-corrected chi connectivity index (χ1v) is 8.35. The maximum atomic E-state index is 12.5. The lowest BCUT2D eigenvalue weighted by molar-refractivity contribution is 0.363. The fourth-order valence-corrected chi connectivity index (χ4v) is 2.56. The summed E-state index contributed by atoms with van der Waals surface area (Å²) in [7, 11) is 3.85. The molecular weight excluding hydrogens is 344 g/mol. The molecular formula is C20H20N4O3. The quantitative estimate of drug-likeness (QED) is 0.537. The van der Waals surface area contributed by atoms with Gasteiger partial charge in [0.1, 0.15) is 12.4 Å². The average molecular weight is 364 g/mol. The van der Waals surface area contributed by atoms with Crippen LogP contribution in [0.4, 0.5) is 5.69 Å². The lowest BCUT2D eigenvalue weighted by atomic mass is 10.2. The van der Waals surface area contributed by atoms with Crippen molar-refractivity contribution in [2.75, 3.05) is 25.6 Å². The first-order chi connectivity index (χ1) is 13.0. The topological polar surface area (TPSA) is 79.7 Å². The summed E-state index contributed by atoms with van der Waals surface area (Å²) in [6.07, 6.45) is 3.07. The van der Waals surface area contributed by atoms with Crippen LogP contribution < -0.4 is 20.9 Å². The Bertz CT molecular complexity index is 1130. The lowest BCUT2D eigenvalue weighted by Crippen LogP contribution is -2.32. The highest BCUT2D eigenvalue weighted by Gasteiger charge is 2.08. The molecule has 0 spiro atoms. The van der Waals surface area contributed by atoms with Crippen molar-refractivity contribution in [3.8, 4) is 5.75 Å². The van der Waals surface area contributed by atoms with Gasteiger partial charge in [0.15, 0.2) is 0 Å². The van der Waals surface area contributed by atoms with Crippen LogP contribution in [0.25, 0.3) is 10.9 Å². The van der Waals surface area contributed by atoms with Crippen LogP contribution in [-0.2, 0) is 0 Å². The molecule has 27 heavy (non-hydrogen) atoms. The molecule has 0 amide bonds. The third-order valence-electron chi connectivity index (χ3n) is 3.97. The number of benzene rings is 2. The van der Waals surface area contributed by atoms with Gasteiger partial charge in [-0.2, -0.15) is 5.10 Å². The van der Waals surface area contributed by atoms with Crippen molar-refractivity contribution in [1.82, 2.24) is 9.66 Å². The number of hydrogen-bond acceptors (Lipinski definition) is 5.